The maximum absolute atomic E-state index is 14.0. The molecule has 2 aromatic carbocycles. The van der Waals surface area contributed by atoms with Crippen molar-refractivity contribution in [3.8, 4) is 5.75 Å². The molecule has 2 aromatic rings. The molecule has 4 rings (SSSR count). The summed E-state index contributed by atoms with van der Waals surface area (Å²) in [6.45, 7) is -0.100. The Morgan fingerprint density at radius 1 is 1.14 bits per heavy atom. The molecule has 1 atom stereocenters. The first-order valence-electron chi connectivity index (χ1n) is 10.3. The molecular formula is C22H17F4N3O6. The van der Waals surface area contributed by atoms with Gasteiger partial charge in [-0.2, -0.15) is 0 Å². The number of nitrogens with zero attached hydrogens (tertiary/aromatic N) is 1. The fraction of sp³-hybridized carbons (Fsp3) is 0.273. The van der Waals surface area contributed by atoms with Gasteiger partial charge >= 0.3 is 12.5 Å². The topological polar surface area (TPSA) is 114 Å². The lowest BCUT2D eigenvalue weighted by Crippen LogP contribution is -2.52. The van der Waals surface area contributed by atoms with Crippen LogP contribution in [-0.2, 0) is 27.5 Å². The number of piperidine rings is 1. The molecule has 35 heavy (non-hydrogen) atoms. The first-order valence-corrected chi connectivity index (χ1v) is 10.3. The highest BCUT2D eigenvalue weighted by atomic mass is 19.4. The molecule has 2 heterocycles. The van der Waals surface area contributed by atoms with E-state index >= 15 is 0 Å². The summed E-state index contributed by atoms with van der Waals surface area (Å²) in [5.41, 5.74) is 0.999. The van der Waals surface area contributed by atoms with Crippen molar-refractivity contribution >= 4 is 29.5 Å². The van der Waals surface area contributed by atoms with Crippen LogP contribution in [0.25, 0.3) is 0 Å². The van der Waals surface area contributed by atoms with Gasteiger partial charge in [0.2, 0.25) is 11.8 Å². The van der Waals surface area contributed by atoms with Crippen LogP contribution in [0.2, 0.25) is 0 Å². The first kappa shape index (κ1) is 24.0. The minimum absolute atomic E-state index is 0.128. The zero-order valence-electron chi connectivity index (χ0n) is 17.8. The van der Waals surface area contributed by atoms with Crippen molar-refractivity contribution in [3.63, 3.8) is 0 Å². The summed E-state index contributed by atoms with van der Waals surface area (Å²) in [5, 5.41) is 4.28. The highest BCUT2D eigenvalue weighted by Crippen LogP contribution is 2.29. The number of amides is 4. The van der Waals surface area contributed by atoms with Gasteiger partial charge < -0.3 is 14.4 Å². The van der Waals surface area contributed by atoms with Gasteiger partial charge in [-0.3, -0.25) is 25.0 Å². The summed E-state index contributed by atoms with van der Waals surface area (Å²) >= 11 is 0. The van der Waals surface area contributed by atoms with Crippen LogP contribution in [0.5, 0.6) is 5.75 Å². The predicted molar refractivity (Wildman–Crippen MR) is 109 cm³/mol. The maximum atomic E-state index is 14.0. The van der Waals surface area contributed by atoms with E-state index in [9.17, 15) is 36.7 Å². The highest BCUT2D eigenvalue weighted by molar-refractivity contribution is 6.05. The summed E-state index contributed by atoms with van der Waals surface area (Å²) in [6.07, 6.45) is -5.72. The zero-order chi connectivity index (χ0) is 25.3. The van der Waals surface area contributed by atoms with Gasteiger partial charge in [-0.05, 0) is 35.7 Å². The average Bonchev–Trinajstić information content (AvgIpc) is 3.09. The Morgan fingerprint density at radius 3 is 2.60 bits per heavy atom. The fourth-order valence-corrected chi connectivity index (χ4v) is 3.78. The molecule has 2 N–H and O–H groups in total. The summed E-state index contributed by atoms with van der Waals surface area (Å²) in [7, 11) is 0. The van der Waals surface area contributed by atoms with Crippen LogP contribution in [-0.4, -0.2) is 41.1 Å². The second-order valence-corrected chi connectivity index (χ2v) is 7.78. The van der Waals surface area contributed by atoms with Gasteiger partial charge in [-0.25, -0.2) is 9.18 Å². The number of ether oxygens (including phenoxy) is 2. The van der Waals surface area contributed by atoms with Crippen LogP contribution >= 0.6 is 0 Å². The predicted octanol–water partition coefficient (Wildman–Crippen LogP) is 3.23. The minimum Gasteiger partial charge on any atom is -0.444 e. The highest BCUT2D eigenvalue weighted by Gasteiger charge is 2.39. The SMILES string of the molecule is O=C1CCC(N2Cc3ccc(COC(=O)Nc4ccc(OC(F)(F)F)cc4F)cc3C2=O)C(=O)N1. The van der Waals surface area contributed by atoms with E-state index in [4.69, 9.17) is 4.74 Å². The standard InChI is InChI=1S/C22H17F4N3O6/c23-15-8-13(35-22(24,25)26)3-4-16(15)27-21(33)34-10-11-1-2-12-9-29(20(32)14(12)7-11)17-5-6-18(30)28-19(17)31/h1-4,7-8,17H,5-6,9-10H2,(H,27,33)(H,28,30,31). The fourth-order valence-electron chi connectivity index (χ4n) is 3.78. The third-order valence-corrected chi connectivity index (χ3v) is 5.37. The van der Waals surface area contributed by atoms with E-state index in [-0.39, 0.29) is 26.0 Å². The lowest BCUT2D eigenvalue weighted by molar-refractivity contribution is -0.274. The summed E-state index contributed by atoms with van der Waals surface area (Å²) in [6, 6.07) is 6.17. The molecule has 1 saturated heterocycles. The quantitative estimate of drug-likeness (QED) is 0.487. The molecule has 2 aliphatic rings. The van der Waals surface area contributed by atoms with Crippen LogP contribution in [0, 0.1) is 5.82 Å². The lowest BCUT2D eigenvalue weighted by Gasteiger charge is -2.29. The lowest BCUT2D eigenvalue weighted by atomic mass is 10.0. The van der Waals surface area contributed by atoms with E-state index in [0.717, 1.165) is 12.1 Å². The number of fused-ring (bicyclic) bond motifs is 1. The van der Waals surface area contributed by atoms with Crippen molar-refractivity contribution in [2.24, 2.45) is 0 Å². The summed E-state index contributed by atoms with van der Waals surface area (Å²) in [5.74, 6) is -3.28. The van der Waals surface area contributed by atoms with Gasteiger partial charge in [0.15, 0.2) is 5.82 Å². The normalized spacial score (nSPS) is 17.7. The molecule has 2 aliphatic heterocycles. The van der Waals surface area contributed by atoms with Crippen molar-refractivity contribution in [2.75, 3.05) is 5.32 Å². The number of carbonyl (C=O) groups is 4. The third kappa shape index (κ3) is 5.50. The number of alkyl halides is 3. The molecule has 0 spiro atoms. The van der Waals surface area contributed by atoms with Crippen molar-refractivity contribution in [1.82, 2.24) is 10.2 Å². The number of hydrogen-bond acceptors (Lipinski definition) is 6. The van der Waals surface area contributed by atoms with Crippen molar-refractivity contribution in [1.29, 1.82) is 0 Å². The third-order valence-electron chi connectivity index (χ3n) is 5.37. The number of imide groups is 1. The van der Waals surface area contributed by atoms with Gasteiger partial charge in [0.05, 0.1) is 5.69 Å². The van der Waals surface area contributed by atoms with E-state index in [1.807, 2.05) is 0 Å². The first-order chi connectivity index (χ1) is 16.5. The number of rotatable bonds is 5. The number of anilines is 1. The molecule has 13 heteroatoms. The van der Waals surface area contributed by atoms with Crippen LogP contribution in [0.3, 0.4) is 0 Å². The Hall–Kier alpha value is -4.16. The minimum atomic E-state index is -4.99. The number of halogens is 4. The van der Waals surface area contributed by atoms with E-state index in [1.54, 1.807) is 12.1 Å². The second-order valence-electron chi connectivity index (χ2n) is 7.78. The van der Waals surface area contributed by atoms with Crippen LogP contribution in [0.15, 0.2) is 36.4 Å². The van der Waals surface area contributed by atoms with Crippen LogP contribution in [0.1, 0.15) is 34.3 Å². The number of benzene rings is 2. The molecule has 0 saturated carbocycles. The molecule has 0 aliphatic carbocycles. The molecule has 0 bridgehead atoms. The van der Waals surface area contributed by atoms with Crippen LogP contribution < -0.4 is 15.4 Å². The maximum Gasteiger partial charge on any atom is 0.573 e. The van der Waals surface area contributed by atoms with Gasteiger partial charge in [0.1, 0.15) is 18.4 Å². The Bertz CT molecular complexity index is 1220. The Balaban J connectivity index is 1.35. The number of carbonyl (C=O) groups excluding carboxylic acids is 4. The Labute approximate surface area is 195 Å². The molecular weight excluding hydrogens is 478 g/mol. The van der Waals surface area contributed by atoms with Crippen molar-refractivity contribution in [3.05, 3.63) is 58.9 Å². The molecule has 1 fully saturated rings. The van der Waals surface area contributed by atoms with E-state index < -0.39 is 53.5 Å². The van der Waals surface area contributed by atoms with Gasteiger partial charge in [-0.1, -0.05) is 12.1 Å². The molecule has 184 valence electrons. The average molecular weight is 495 g/mol. The molecule has 0 radical (unpaired) electrons. The molecule has 9 nitrogen and oxygen atoms in total. The van der Waals surface area contributed by atoms with E-state index in [0.29, 0.717) is 22.8 Å². The van der Waals surface area contributed by atoms with Gasteiger partial charge in [0.25, 0.3) is 5.91 Å². The monoisotopic (exact) mass is 495 g/mol. The van der Waals surface area contributed by atoms with Crippen molar-refractivity contribution < 1.29 is 46.2 Å². The zero-order valence-corrected chi connectivity index (χ0v) is 17.8. The number of hydrogen-bond donors (Lipinski definition) is 2. The molecule has 4 amide bonds. The summed E-state index contributed by atoms with van der Waals surface area (Å²) < 4.78 is 59.2. The van der Waals surface area contributed by atoms with E-state index in [1.165, 1.54) is 11.0 Å². The second kappa shape index (κ2) is 9.24. The van der Waals surface area contributed by atoms with E-state index in [2.05, 4.69) is 15.4 Å². The Morgan fingerprint density at radius 2 is 1.91 bits per heavy atom. The smallest absolute Gasteiger partial charge is 0.444 e. The number of nitrogens with one attached hydrogen (secondary N) is 2. The largest absolute Gasteiger partial charge is 0.573 e. The molecule has 0 aromatic heterocycles. The van der Waals surface area contributed by atoms with Gasteiger partial charge in [0, 0.05) is 24.6 Å². The Kier molecular flexibility index (Phi) is 6.33. The van der Waals surface area contributed by atoms with Crippen molar-refractivity contribution in [2.45, 2.75) is 38.4 Å². The molecule has 1 unspecified atom stereocenters. The van der Waals surface area contributed by atoms with Crippen LogP contribution in [0.4, 0.5) is 28.0 Å². The summed E-state index contributed by atoms with van der Waals surface area (Å²) in [4.78, 5) is 49.7. The van der Waals surface area contributed by atoms with Gasteiger partial charge in [-0.15, -0.1) is 13.2 Å².